The van der Waals surface area contributed by atoms with Gasteiger partial charge in [-0.15, -0.1) is 0 Å². The third kappa shape index (κ3) is 4.14. The number of hydrazone groups is 1. The molecule has 7 heteroatoms. The topological polar surface area (TPSA) is 105 Å². The predicted molar refractivity (Wildman–Crippen MR) is 81.9 cm³/mol. The zero-order valence-corrected chi connectivity index (χ0v) is 11.5. The number of nitro benzene ring substituents is 1. The largest absolute Gasteiger partial charge is 0.477 e. The molecule has 0 amide bonds. The molecular formula is C15H13N3O4. The standard InChI is InChI=1S/C15H13N3O4/c19-15(20)14(10-11-4-2-1-3-5-11)17-16-12-6-8-13(9-7-12)18(21)22/h1-9,16H,10H2,(H,19,20). The van der Waals surface area contributed by atoms with Crippen LogP contribution in [0.2, 0.25) is 0 Å². The molecule has 0 unspecified atom stereocenters. The number of nitrogens with zero attached hydrogens (tertiary/aromatic N) is 2. The molecule has 2 aromatic rings. The molecule has 7 nitrogen and oxygen atoms in total. The van der Waals surface area contributed by atoms with E-state index in [-0.39, 0.29) is 17.8 Å². The average Bonchev–Trinajstić information content (AvgIpc) is 2.52. The van der Waals surface area contributed by atoms with Gasteiger partial charge in [0.2, 0.25) is 0 Å². The third-order valence-electron chi connectivity index (χ3n) is 2.86. The molecule has 0 atom stereocenters. The van der Waals surface area contributed by atoms with E-state index in [0.29, 0.717) is 5.69 Å². The number of benzene rings is 2. The summed E-state index contributed by atoms with van der Waals surface area (Å²) in [5, 5.41) is 23.6. The minimum Gasteiger partial charge on any atom is -0.477 e. The highest BCUT2D eigenvalue weighted by molar-refractivity contribution is 6.36. The average molecular weight is 299 g/mol. The smallest absolute Gasteiger partial charge is 0.352 e. The van der Waals surface area contributed by atoms with Crippen LogP contribution < -0.4 is 5.43 Å². The molecule has 0 spiro atoms. The van der Waals surface area contributed by atoms with Crippen molar-refractivity contribution in [2.24, 2.45) is 5.10 Å². The molecule has 2 N–H and O–H groups in total. The number of carboxylic acids is 1. The number of rotatable bonds is 6. The summed E-state index contributed by atoms with van der Waals surface area (Å²) in [7, 11) is 0. The first-order valence-electron chi connectivity index (χ1n) is 6.40. The summed E-state index contributed by atoms with van der Waals surface area (Å²) in [5.74, 6) is -1.13. The number of carboxylic acid groups (broad SMARTS) is 1. The van der Waals surface area contributed by atoms with Crippen LogP contribution >= 0.6 is 0 Å². The second-order valence-electron chi connectivity index (χ2n) is 4.44. The maximum Gasteiger partial charge on any atom is 0.352 e. The Hall–Kier alpha value is -3.22. The van der Waals surface area contributed by atoms with E-state index >= 15 is 0 Å². The van der Waals surface area contributed by atoms with Gasteiger partial charge in [0.25, 0.3) is 5.69 Å². The van der Waals surface area contributed by atoms with Crippen molar-refractivity contribution in [1.29, 1.82) is 0 Å². The monoisotopic (exact) mass is 299 g/mol. The summed E-state index contributed by atoms with van der Waals surface area (Å²) < 4.78 is 0. The van der Waals surface area contributed by atoms with Crippen molar-refractivity contribution in [3.63, 3.8) is 0 Å². The SMILES string of the molecule is O=C(O)C(Cc1ccccc1)=NNc1ccc([N+](=O)[O-])cc1. The van der Waals surface area contributed by atoms with Gasteiger partial charge < -0.3 is 5.11 Å². The van der Waals surface area contributed by atoms with Crippen molar-refractivity contribution in [3.05, 3.63) is 70.3 Å². The normalized spacial score (nSPS) is 11.0. The molecule has 0 bridgehead atoms. The second-order valence-corrected chi connectivity index (χ2v) is 4.44. The Bertz CT molecular complexity index is 696. The molecule has 2 rings (SSSR count). The van der Waals surface area contributed by atoms with Crippen LogP contribution in [0.5, 0.6) is 0 Å². The van der Waals surface area contributed by atoms with E-state index in [9.17, 15) is 14.9 Å². The number of aliphatic carboxylic acids is 1. The van der Waals surface area contributed by atoms with Gasteiger partial charge >= 0.3 is 5.97 Å². The van der Waals surface area contributed by atoms with Crippen LogP contribution in [0.15, 0.2) is 59.7 Å². The molecule has 0 aliphatic carbocycles. The maximum absolute atomic E-state index is 11.2. The second kappa shape index (κ2) is 6.98. The van der Waals surface area contributed by atoms with Gasteiger partial charge in [0.1, 0.15) is 5.71 Å². The Morgan fingerprint density at radius 3 is 2.32 bits per heavy atom. The summed E-state index contributed by atoms with van der Waals surface area (Å²) in [4.78, 5) is 21.3. The highest BCUT2D eigenvalue weighted by Crippen LogP contribution is 2.15. The Labute approximate surface area is 126 Å². The van der Waals surface area contributed by atoms with Crippen molar-refractivity contribution in [2.75, 3.05) is 5.43 Å². The first kappa shape index (κ1) is 15.2. The molecule has 22 heavy (non-hydrogen) atoms. The Morgan fingerprint density at radius 1 is 1.14 bits per heavy atom. The van der Waals surface area contributed by atoms with Gasteiger partial charge in [-0.25, -0.2) is 4.79 Å². The predicted octanol–water partition coefficient (Wildman–Crippen LogP) is 2.69. The minimum absolute atomic E-state index is 0.0442. The summed E-state index contributed by atoms with van der Waals surface area (Å²) in [6.07, 6.45) is 0.177. The molecule has 0 fully saturated rings. The number of hydrogen-bond donors (Lipinski definition) is 2. The number of non-ortho nitro benzene ring substituents is 1. The van der Waals surface area contributed by atoms with Gasteiger partial charge in [-0.3, -0.25) is 15.5 Å². The fourth-order valence-corrected chi connectivity index (χ4v) is 1.74. The van der Waals surface area contributed by atoms with Crippen LogP contribution in [0.25, 0.3) is 0 Å². The molecule has 0 saturated carbocycles. The lowest BCUT2D eigenvalue weighted by Gasteiger charge is -2.04. The highest BCUT2D eigenvalue weighted by atomic mass is 16.6. The first-order valence-corrected chi connectivity index (χ1v) is 6.40. The van der Waals surface area contributed by atoms with Crippen LogP contribution in [0.1, 0.15) is 5.56 Å². The van der Waals surface area contributed by atoms with Crippen LogP contribution in [0.4, 0.5) is 11.4 Å². The summed E-state index contributed by atoms with van der Waals surface area (Å²) in [6, 6.07) is 14.7. The van der Waals surface area contributed by atoms with Gasteiger partial charge in [0, 0.05) is 18.6 Å². The number of nitro groups is 1. The lowest BCUT2D eigenvalue weighted by molar-refractivity contribution is -0.384. The van der Waals surface area contributed by atoms with E-state index in [1.54, 1.807) is 0 Å². The minimum atomic E-state index is -1.13. The first-order chi connectivity index (χ1) is 10.6. The zero-order chi connectivity index (χ0) is 15.9. The molecule has 2 aromatic carbocycles. The lowest BCUT2D eigenvalue weighted by Crippen LogP contribution is -2.17. The van der Waals surface area contributed by atoms with Crippen molar-refractivity contribution in [3.8, 4) is 0 Å². The van der Waals surface area contributed by atoms with E-state index in [0.717, 1.165) is 5.56 Å². The Balaban J connectivity index is 2.10. The molecule has 0 heterocycles. The quantitative estimate of drug-likeness (QED) is 0.484. The van der Waals surface area contributed by atoms with Gasteiger partial charge in [0.15, 0.2) is 0 Å². The molecule has 0 aliphatic heterocycles. The number of anilines is 1. The number of hydrogen-bond acceptors (Lipinski definition) is 5. The van der Waals surface area contributed by atoms with E-state index in [4.69, 9.17) is 5.11 Å². The van der Waals surface area contributed by atoms with Gasteiger partial charge in [-0.2, -0.15) is 5.10 Å². The summed E-state index contributed by atoms with van der Waals surface area (Å²) in [6.45, 7) is 0. The molecular weight excluding hydrogens is 286 g/mol. The molecule has 0 aliphatic rings. The van der Waals surface area contributed by atoms with Crippen molar-refractivity contribution in [2.45, 2.75) is 6.42 Å². The number of nitrogens with one attached hydrogen (secondary N) is 1. The van der Waals surface area contributed by atoms with E-state index in [2.05, 4.69) is 10.5 Å². The van der Waals surface area contributed by atoms with Gasteiger partial charge in [-0.05, 0) is 17.7 Å². The Morgan fingerprint density at radius 2 is 1.77 bits per heavy atom. The van der Waals surface area contributed by atoms with Crippen LogP contribution in [0.3, 0.4) is 0 Å². The fraction of sp³-hybridized carbons (Fsp3) is 0.0667. The molecule has 112 valence electrons. The Kier molecular flexibility index (Phi) is 4.81. The summed E-state index contributed by atoms with van der Waals surface area (Å²) >= 11 is 0. The van der Waals surface area contributed by atoms with Gasteiger partial charge in [-0.1, -0.05) is 30.3 Å². The summed E-state index contributed by atoms with van der Waals surface area (Å²) in [5.41, 5.74) is 3.80. The van der Waals surface area contributed by atoms with Crippen LogP contribution in [0, 0.1) is 10.1 Å². The highest BCUT2D eigenvalue weighted by Gasteiger charge is 2.11. The maximum atomic E-state index is 11.2. The van der Waals surface area contributed by atoms with Crippen molar-refractivity contribution in [1.82, 2.24) is 0 Å². The van der Waals surface area contributed by atoms with Crippen LogP contribution in [-0.4, -0.2) is 21.7 Å². The van der Waals surface area contributed by atoms with Crippen molar-refractivity contribution < 1.29 is 14.8 Å². The van der Waals surface area contributed by atoms with Crippen LogP contribution in [-0.2, 0) is 11.2 Å². The molecule has 0 aromatic heterocycles. The van der Waals surface area contributed by atoms with E-state index < -0.39 is 10.9 Å². The number of carbonyl (C=O) groups is 1. The lowest BCUT2D eigenvalue weighted by atomic mass is 10.1. The van der Waals surface area contributed by atoms with E-state index in [1.807, 2.05) is 30.3 Å². The van der Waals surface area contributed by atoms with Crippen molar-refractivity contribution >= 4 is 23.1 Å². The molecule has 0 radical (unpaired) electrons. The molecule has 0 saturated heterocycles. The zero-order valence-electron chi connectivity index (χ0n) is 11.5. The third-order valence-corrected chi connectivity index (χ3v) is 2.86. The van der Waals surface area contributed by atoms with E-state index in [1.165, 1.54) is 24.3 Å². The fourth-order valence-electron chi connectivity index (χ4n) is 1.74. The van der Waals surface area contributed by atoms with Gasteiger partial charge in [0.05, 0.1) is 10.6 Å².